The Morgan fingerprint density at radius 1 is 1.14 bits per heavy atom. The van der Waals surface area contributed by atoms with Crippen LogP contribution in [0.3, 0.4) is 0 Å². The highest BCUT2D eigenvalue weighted by Crippen LogP contribution is 2.27. The molecule has 0 aliphatic carbocycles. The number of halogens is 3. The highest BCUT2D eigenvalue weighted by molar-refractivity contribution is 7.98. The summed E-state index contributed by atoms with van der Waals surface area (Å²) in [4.78, 5) is 25.2. The maximum absolute atomic E-state index is 13.9. The normalized spacial score (nSPS) is 11.2. The summed E-state index contributed by atoms with van der Waals surface area (Å²) in [5, 5.41) is 9.53. The van der Waals surface area contributed by atoms with E-state index in [0.29, 0.717) is 16.8 Å². The second-order valence-corrected chi connectivity index (χ2v) is 7.35. The average Bonchev–Trinajstić information content (AvgIpc) is 3.11. The van der Waals surface area contributed by atoms with Crippen LogP contribution < -0.4 is 5.56 Å². The number of pyridine rings is 1. The number of nitrogens with zero attached hydrogens (tertiary/aromatic N) is 4. The summed E-state index contributed by atoms with van der Waals surface area (Å²) in [5.41, 5.74) is 0.867. The highest BCUT2D eigenvalue weighted by Gasteiger charge is 2.18. The van der Waals surface area contributed by atoms with Crippen LogP contribution in [0.4, 0.5) is 13.2 Å². The lowest BCUT2D eigenvalue weighted by molar-refractivity contribution is 0.472. The Morgan fingerprint density at radius 2 is 1.89 bits per heavy atom. The smallest absolute Gasteiger partial charge is 0.279 e. The number of benzene rings is 1. The molecule has 0 saturated heterocycles. The van der Waals surface area contributed by atoms with Crippen LogP contribution in [0.2, 0.25) is 0 Å². The fraction of sp³-hybridized carbons (Fsp3) is 0.0588. The summed E-state index contributed by atoms with van der Waals surface area (Å²) in [6, 6.07) is 3.93. The van der Waals surface area contributed by atoms with Crippen molar-refractivity contribution in [3.8, 4) is 11.6 Å². The third-order valence-corrected chi connectivity index (χ3v) is 5.52. The van der Waals surface area contributed by atoms with Crippen molar-refractivity contribution in [2.24, 2.45) is 0 Å². The molecule has 0 atom stereocenters. The van der Waals surface area contributed by atoms with Crippen molar-refractivity contribution in [1.82, 2.24) is 19.5 Å². The van der Waals surface area contributed by atoms with Gasteiger partial charge in [-0.15, -0.1) is 11.3 Å². The molecule has 0 fully saturated rings. The van der Waals surface area contributed by atoms with Gasteiger partial charge in [-0.1, -0.05) is 11.8 Å². The lowest BCUT2D eigenvalue weighted by atomic mass is 10.2. The Labute approximate surface area is 163 Å². The summed E-state index contributed by atoms with van der Waals surface area (Å²) in [7, 11) is 0. The molecule has 142 valence electrons. The van der Waals surface area contributed by atoms with Gasteiger partial charge in [0.15, 0.2) is 10.8 Å². The monoisotopic (exact) mass is 422 g/mol. The molecule has 1 N–H and O–H groups in total. The number of hydrogen-bond donors (Lipinski definition) is 1. The second-order valence-electron chi connectivity index (χ2n) is 5.55. The van der Waals surface area contributed by atoms with E-state index in [2.05, 4.69) is 15.0 Å². The van der Waals surface area contributed by atoms with Gasteiger partial charge in [-0.25, -0.2) is 32.7 Å². The summed E-state index contributed by atoms with van der Waals surface area (Å²) in [5.74, 6) is -3.23. The van der Waals surface area contributed by atoms with Crippen LogP contribution >= 0.6 is 23.1 Å². The number of rotatable bonds is 4. The summed E-state index contributed by atoms with van der Waals surface area (Å²) in [6.07, 6.45) is 1.16. The first-order valence-electron chi connectivity index (χ1n) is 7.72. The Morgan fingerprint density at radius 3 is 2.57 bits per heavy atom. The molecule has 0 aliphatic heterocycles. The molecule has 0 radical (unpaired) electrons. The van der Waals surface area contributed by atoms with Gasteiger partial charge in [0.25, 0.3) is 5.56 Å². The van der Waals surface area contributed by atoms with Crippen LogP contribution in [0, 0.1) is 17.5 Å². The van der Waals surface area contributed by atoms with Crippen LogP contribution in [-0.4, -0.2) is 24.6 Å². The van der Waals surface area contributed by atoms with Crippen molar-refractivity contribution in [2.75, 3.05) is 0 Å². The molecule has 6 nitrogen and oxygen atoms in total. The Balaban J connectivity index is 1.81. The molecule has 4 aromatic rings. The van der Waals surface area contributed by atoms with Gasteiger partial charge in [0.1, 0.15) is 33.7 Å². The zero-order valence-corrected chi connectivity index (χ0v) is 15.4. The molecule has 1 aromatic carbocycles. The lowest BCUT2D eigenvalue weighted by Crippen LogP contribution is -2.22. The van der Waals surface area contributed by atoms with E-state index in [0.717, 1.165) is 29.3 Å². The number of thiazole rings is 1. The van der Waals surface area contributed by atoms with Gasteiger partial charge < -0.3 is 5.11 Å². The van der Waals surface area contributed by atoms with Gasteiger partial charge in [0.05, 0.1) is 11.7 Å². The highest BCUT2D eigenvalue weighted by atomic mass is 32.2. The molecule has 0 amide bonds. The van der Waals surface area contributed by atoms with E-state index in [-0.39, 0.29) is 33.7 Å². The lowest BCUT2D eigenvalue weighted by Gasteiger charge is -2.11. The molecule has 3 heterocycles. The minimum atomic E-state index is -1.03. The Bertz CT molecular complexity index is 1220. The minimum absolute atomic E-state index is 0.0896. The van der Waals surface area contributed by atoms with Crippen LogP contribution in [-0.2, 0) is 5.75 Å². The summed E-state index contributed by atoms with van der Waals surface area (Å²) >= 11 is 1.98. The average molecular weight is 422 g/mol. The van der Waals surface area contributed by atoms with Crippen molar-refractivity contribution in [3.05, 3.63) is 69.3 Å². The SMILES string of the molecule is O=c1c2scnc2nc(SCc2c(F)cc(F)cc2F)n1-c1ccc(O)cn1. The van der Waals surface area contributed by atoms with Crippen LogP contribution in [0.15, 0.2) is 45.9 Å². The molecule has 28 heavy (non-hydrogen) atoms. The van der Waals surface area contributed by atoms with E-state index in [1.54, 1.807) is 0 Å². The molecule has 11 heteroatoms. The van der Waals surface area contributed by atoms with Crippen LogP contribution in [0.5, 0.6) is 5.75 Å². The minimum Gasteiger partial charge on any atom is -0.506 e. The van der Waals surface area contributed by atoms with Gasteiger partial charge in [0, 0.05) is 23.4 Å². The van der Waals surface area contributed by atoms with E-state index in [1.165, 1.54) is 22.2 Å². The standard InChI is InChI=1S/C17H9F3N4O2S2/c18-8-3-11(19)10(12(20)4-8)6-27-17-23-15-14(28-7-22-15)16(26)24(17)13-2-1-9(25)5-21-13/h1-5,7,25H,6H2. The van der Waals surface area contributed by atoms with Gasteiger partial charge in [0.2, 0.25) is 0 Å². The van der Waals surface area contributed by atoms with E-state index >= 15 is 0 Å². The third-order valence-electron chi connectivity index (χ3n) is 3.75. The molecule has 3 aromatic heterocycles. The Kier molecular flexibility index (Phi) is 4.77. The molecule has 0 unspecified atom stereocenters. The summed E-state index contributed by atoms with van der Waals surface area (Å²) < 4.78 is 42.4. The van der Waals surface area contributed by atoms with Gasteiger partial charge in [-0.05, 0) is 12.1 Å². The quantitative estimate of drug-likeness (QED) is 0.399. The predicted octanol–water partition coefficient (Wildman–Crippen LogP) is 3.65. The van der Waals surface area contributed by atoms with E-state index in [4.69, 9.17) is 0 Å². The van der Waals surface area contributed by atoms with Crippen molar-refractivity contribution < 1.29 is 18.3 Å². The molecule has 4 rings (SSSR count). The maximum atomic E-state index is 13.9. The van der Waals surface area contributed by atoms with Gasteiger partial charge in [-0.3, -0.25) is 4.79 Å². The Hall–Kier alpha value is -2.92. The van der Waals surface area contributed by atoms with Crippen LogP contribution in [0.1, 0.15) is 5.56 Å². The fourth-order valence-corrected chi connectivity index (χ4v) is 4.11. The number of aromatic nitrogens is 4. The van der Waals surface area contributed by atoms with Gasteiger partial charge >= 0.3 is 0 Å². The van der Waals surface area contributed by atoms with Crippen LogP contribution in [0.25, 0.3) is 16.2 Å². The zero-order valence-electron chi connectivity index (χ0n) is 13.8. The van der Waals surface area contributed by atoms with E-state index in [1.807, 2.05) is 0 Å². The van der Waals surface area contributed by atoms with Crippen molar-refractivity contribution in [3.63, 3.8) is 0 Å². The molecule has 0 aliphatic rings. The topological polar surface area (TPSA) is 80.9 Å². The number of aromatic hydroxyl groups is 1. The largest absolute Gasteiger partial charge is 0.506 e. The molecular formula is C17H9F3N4O2S2. The maximum Gasteiger partial charge on any atom is 0.279 e. The first kappa shape index (κ1) is 18.4. The molecule has 0 spiro atoms. The summed E-state index contributed by atoms with van der Waals surface area (Å²) in [6.45, 7) is 0. The first-order valence-corrected chi connectivity index (χ1v) is 9.58. The number of thioether (sulfide) groups is 1. The van der Waals surface area contributed by atoms with E-state index < -0.39 is 23.0 Å². The second kappa shape index (κ2) is 7.24. The van der Waals surface area contributed by atoms with Crippen molar-refractivity contribution in [2.45, 2.75) is 10.9 Å². The number of fused-ring (bicyclic) bond motifs is 1. The fourth-order valence-electron chi connectivity index (χ4n) is 2.45. The molecule has 0 bridgehead atoms. The van der Waals surface area contributed by atoms with Crippen molar-refractivity contribution in [1.29, 1.82) is 0 Å². The first-order chi connectivity index (χ1) is 13.4. The molecular weight excluding hydrogens is 413 g/mol. The predicted molar refractivity (Wildman–Crippen MR) is 98.3 cm³/mol. The zero-order chi connectivity index (χ0) is 19.8. The molecule has 0 saturated carbocycles. The van der Waals surface area contributed by atoms with Gasteiger partial charge in [-0.2, -0.15) is 0 Å². The van der Waals surface area contributed by atoms with E-state index in [9.17, 15) is 23.1 Å². The number of hydrogen-bond acceptors (Lipinski definition) is 7. The third kappa shape index (κ3) is 3.34. The van der Waals surface area contributed by atoms with Crippen molar-refractivity contribution >= 4 is 33.4 Å².